The minimum absolute atomic E-state index is 0.175. The Balaban J connectivity index is 2.42. The molecule has 1 fully saturated rings. The van der Waals surface area contributed by atoms with Crippen LogP contribution in [0, 0.1) is 0 Å². The third-order valence-electron chi connectivity index (χ3n) is 1.84. The van der Waals surface area contributed by atoms with Crippen molar-refractivity contribution in [1.82, 2.24) is 5.32 Å². The van der Waals surface area contributed by atoms with E-state index in [2.05, 4.69) is 0 Å². The number of benzene rings is 1. The molecule has 0 atom stereocenters. The third kappa shape index (κ3) is 1.92. The summed E-state index contributed by atoms with van der Waals surface area (Å²) in [6, 6.07) is 8.15. The van der Waals surface area contributed by atoms with Gasteiger partial charge in [0.2, 0.25) is 0 Å². The zero-order valence-electron chi connectivity index (χ0n) is 7.49. The number of carbonyl (C=O) groups is 2. The van der Waals surface area contributed by atoms with Gasteiger partial charge >= 0.3 is 0 Å². The van der Waals surface area contributed by atoms with E-state index < -0.39 is 17.0 Å². The molecule has 1 aromatic rings. The Morgan fingerprint density at radius 2 is 1.87 bits per heavy atom. The van der Waals surface area contributed by atoms with Gasteiger partial charge in [-0.3, -0.25) is 14.9 Å². The standard InChI is InChI=1S/C10H6FNO2S/c11-7(6-4-2-1-3-5-6)8-9(13)12-10(14)15-8/h1-5H,(H,12,13,14). The number of thioether (sulfide) groups is 1. The van der Waals surface area contributed by atoms with Crippen LogP contribution in [0.4, 0.5) is 9.18 Å². The summed E-state index contributed by atoms with van der Waals surface area (Å²) >= 11 is 0.582. The molecule has 2 rings (SSSR count). The number of nitrogens with one attached hydrogen (secondary N) is 1. The second kappa shape index (κ2) is 3.86. The molecular formula is C10H6FNO2S. The van der Waals surface area contributed by atoms with Gasteiger partial charge in [-0.25, -0.2) is 4.39 Å². The zero-order valence-corrected chi connectivity index (χ0v) is 8.31. The van der Waals surface area contributed by atoms with E-state index >= 15 is 0 Å². The quantitative estimate of drug-likeness (QED) is 0.743. The molecule has 0 radical (unpaired) electrons. The van der Waals surface area contributed by atoms with E-state index in [1.54, 1.807) is 30.3 Å². The SMILES string of the molecule is O=C1NC(=O)C(=C(F)c2ccccc2)S1. The molecule has 0 aromatic heterocycles. The molecule has 0 spiro atoms. The summed E-state index contributed by atoms with van der Waals surface area (Å²) in [5, 5.41) is 1.46. The van der Waals surface area contributed by atoms with Gasteiger partial charge in [0, 0.05) is 5.56 Å². The molecule has 1 aliphatic heterocycles. The highest BCUT2D eigenvalue weighted by atomic mass is 32.2. The molecule has 76 valence electrons. The van der Waals surface area contributed by atoms with Gasteiger partial charge in [0.1, 0.15) is 10.7 Å². The van der Waals surface area contributed by atoms with Crippen LogP contribution in [0.5, 0.6) is 0 Å². The van der Waals surface area contributed by atoms with Crippen LogP contribution < -0.4 is 5.32 Å². The molecule has 1 aromatic carbocycles. The monoisotopic (exact) mass is 223 g/mol. The topological polar surface area (TPSA) is 46.2 Å². The highest BCUT2D eigenvalue weighted by Gasteiger charge is 2.29. The predicted molar refractivity (Wildman–Crippen MR) is 55.6 cm³/mol. The minimum atomic E-state index is -0.675. The van der Waals surface area contributed by atoms with Crippen LogP contribution >= 0.6 is 11.8 Å². The molecule has 2 amide bonds. The number of halogens is 1. The Hall–Kier alpha value is -1.62. The van der Waals surface area contributed by atoms with Crippen LogP contribution in [0.3, 0.4) is 0 Å². The van der Waals surface area contributed by atoms with Crippen molar-refractivity contribution in [3.8, 4) is 0 Å². The lowest BCUT2D eigenvalue weighted by Crippen LogP contribution is -2.18. The summed E-state index contributed by atoms with van der Waals surface area (Å²) in [4.78, 5) is 21.8. The van der Waals surface area contributed by atoms with E-state index in [9.17, 15) is 14.0 Å². The molecule has 1 saturated heterocycles. The molecular weight excluding hydrogens is 217 g/mol. The highest BCUT2D eigenvalue weighted by molar-refractivity contribution is 8.18. The molecule has 0 saturated carbocycles. The Morgan fingerprint density at radius 1 is 1.20 bits per heavy atom. The Labute approximate surface area is 89.4 Å². The molecule has 0 aliphatic carbocycles. The van der Waals surface area contributed by atoms with Crippen molar-refractivity contribution in [3.05, 3.63) is 40.8 Å². The number of carbonyl (C=O) groups excluding carboxylic acids is 2. The highest BCUT2D eigenvalue weighted by Crippen LogP contribution is 2.32. The van der Waals surface area contributed by atoms with Crippen molar-refractivity contribution < 1.29 is 14.0 Å². The third-order valence-corrected chi connectivity index (χ3v) is 2.70. The van der Waals surface area contributed by atoms with Crippen LogP contribution in [0.15, 0.2) is 35.2 Å². The predicted octanol–water partition coefficient (Wildman–Crippen LogP) is 2.31. The van der Waals surface area contributed by atoms with Crippen LogP contribution in [-0.2, 0) is 4.79 Å². The fourth-order valence-corrected chi connectivity index (χ4v) is 1.85. The number of amides is 2. The van der Waals surface area contributed by atoms with E-state index in [0.717, 1.165) is 0 Å². The van der Waals surface area contributed by atoms with E-state index in [-0.39, 0.29) is 4.91 Å². The largest absolute Gasteiger partial charge is 0.291 e. The summed E-state index contributed by atoms with van der Waals surface area (Å²) in [6.07, 6.45) is 0. The second-order valence-electron chi connectivity index (χ2n) is 2.85. The normalized spacial score (nSPS) is 19.0. The van der Waals surface area contributed by atoms with Gasteiger partial charge in [-0.2, -0.15) is 0 Å². The lowest BCUT2D eigenvalue weighted by molar-refractivity contribution is -0.115. The summed E-state index contributed by atoms with van der Waals surface area (Å²) < 4.78 is 13.7. The lowest BCUT2D eigenvalue weighted by Gasteiger charge is -1.98. The Bertz CT molecular complexity index is 456. The van der Waals surface area contributed by atoms with Crippen molar-refractivity contribution in [2.75, 3.05) is 0 Å². The molecule has 1 aliphatic rings. The maximum atomic E-state index is 13.7. The van der Waals surface area contributed by atoms with Gasteiger partial charge in [0.25, 0.3) is 11.1 Å². The van der Waals surface area contributed by atoms with Crippen LogP contribution in [0.25, 0.3) is 5.83 Å². The summed E-state index contributed by atoms with van der Waals surface area (Å²) in [6.45, 7) is 0. The Morgan fingerprint density at radius 3 is 2.40 bits per heavy atom. The fraction of sp³-hybridized carbons (Fsp3) is 0. The Kier molecular flexibility index (Phi) is 2.55. The van der Waals surface area contributed by atoms with Crippen molar-refractivity contribution in [3.63, 3.8) is 0 Å². The fourth-order valence-electron chi connectivity index (χ4n) is 1.17. The second-order valence-corrected chi connectivity index (χ2v) is 3.84. The van der Waals surface area contributed by atoms with Gasteiger partial charge in [0.05, 0.1) is 0 Å². The summed E-state index contributed by atoms with van der Waals surface area (Å²) in [5.74, 6) is -1.34. The van der Waals surface area contributed by atoms with Crippen LogP contribution in [0.2, 0.25) is 0 Å². The van der Waals surface area contributed by atoms with Crippen molar-refractivity contribution >= 4 is 28.7 Å². The van der Waals surface area contributed by atoms with Gasteiger partial charge in [-0.05, 0) is 11.8 Å². The molecule has 0 unspecified atom stereocenters. The first-order valence-electron chi connectivity index (χ1n) is 4.17. The van der Waals surface area contributed by atoms with Gasteiger partial charge in [-0.1, -0.05) is 30.3 Å². The van der Waals surface area contributed by atoms with Crippen molar-refractivity contribution in [2.45, 2.75) is 0 Å². The molecule has 15 heavy (non-hydrogen) atoms. The molecule has 1 heterocycles. The first kappa shape index (κ1) is 9.92. The summed E-state index contributed by atoms with van der Waals surface area (Å²) in [7, 11) is 0. The molecule has 0 bridgehead atoms. The molecule has 3 nitrogen and oxygen atoms in total. The maximum absolute atomic E-state index is 13.7. The number of imide groups is 1. The zero-order chi connectivity index (χ0) is 10.8. The van der Waals surface area contributed by atoms with Crippen LogP contribution in [0.1, 0.15) is 5.56 Å². The van der Waals surface area contributed by atoms with E-state index in [4.69, 9.17) is 0 Å². The first-order valence-corrected chi connectivity index (χ1v) is 4.98. The molecule has 1 N–H and O–H groups in total. The van der Waals surface area contributed by atoms with E-state index in [1.165, 1.54) is 0 Å². The van der Waals surface area contributed by atoms with Gasteiger partial charge in [-0.15, -0.1) is 0 Å². The van der Waals surface area contributed by atoms with Crippen molar-refractivity contribution in [2.24, 2.45) is 0 Å². The average molecular weight is 223 g/mol. The molecule has 5 heteroatoms. The van der Waals surface area contributed by atoms with E-state index in [1.807, 2.05) is 5.32 Å². The van der Waals surface area contributed by atoms with Gasteiger partial charge in [0.15, 0.2) is 0 Å². The first-order chi connectivity index (χ1) is 7.18. The number of hydrogen-bond donors (Lipinski definition) is 1. The lowest BCUT2D eigenvalue weighted by atomic mass is 10.2. The maximum Gasteiger partial charge on any atom is 0.291 e. The number of hydrogen-bond acceptors (Lipinski definition) is 3. The van der Waals surface area contributed by atoms with Crippen LogP contribution in [-0.4, -0.2) is 11.1 Å². The van der Waals surface area contributed by atoms with E-state index in [0.29, 0.717) is 17.3 Å². The van der Waals surface area contributed by atoms with Crippen molar-refractivity contribution in [1.29, 1.82) is 0 Å². The summed E-state index contributed by atoms with van der Waals surface area (Å²) in [5.41, 5.74) is 0.296. The smallest absolute Gasteiger partial charge is 0.282 e. The number of rotatable bonds is 1. The average Bonchev–Trinajstić information content (AvgIpc) is 2.58. The van der Waals surface area contributed by atoms with Gasteiger partial charge < -0.3 is 0 Å². The minimum Gasteiger partial charge on any atom is -0.282 e.